The van der Waals surface area contributed by atoms with Gasteiger partial charge in [0.05, 0.1) is 0 Å². The van der Waals surface area contributed by atoms with Gasteiger partial charge in [0.15, 0.2) is 0 Å². The average Bonchev–Trinajstić information content (AvgIpc) is 2.03. The van der Waals surface area contributed by atoms with E-state index in [9.17, 15) is 0 Å². The molecule has 5 N–H and O–H groups in total. The maximum absolute atomic E-state index is 5.32. The molecule has 0 heterocycles. The highest BCUT2D eigenvalue weighted by molar-refractivity contribution is 5.70. The lowest BCUT2D eigenvalue weighted by Gasteiger charge is -2.11. The average molecular weight is 215 g/mol. The molecule has 78 valence electrons. The Morgan fingerprint density at radius 2 is 1.93 bits per heavy atom. The van der Waals surface area contributed by atoms with E-state index in [0.717, 1.165) is 11.4 Å². The number of nitrogens with one attached hydrogen (secondary N) is 1. The molecular formula is C9H15ClN4. The number of nitrogens with two attached hydrogens (primary N) is 2. The summed E-state index contributed by atoms with van der Waals surface area (Å²) < 4.78 is 0. The van der Waals surface area contributed by atoms with Crippen molar-refractivity contribution >= 4 is 17.3 Å². The maximum atomic E-state index is 5.32. The van der Waals surface area contributed by atoms with Crippen LogP contribution >= 0.6 is 0 Å². The molecule has 1 aromatic carbocycles. The van der Waals surface area contributed by atoms with Gasteiger partial charge in [0.2, 0.25) is 0 Å². The summed E-state index contributed by atoms with van der Waals surface area (Å²) in [6, 6.07) is 7.84. The van der Waals surface area contributed by atoms with Gasteiger partial charge in [-0.25, -0.2) is 4.99 Å². The van der Waals surface area contributed by atoms with Crippen LogP contribution in [0.3, 0.4) is 0 Å². The molecule has 0 atom stereocenters. The molecule has 4 nitrogen and oxygen atoms in total. The maximum Gasteiger partial charge on any atom is 0.343 e. The Kier molecular flexibility index (Phi) is 4.80. The number of nitrogens with zero attached hydrogens (tertiary/aromatic N) is 1. The minimum absolute atomic E-state index is 0. The Balaban J connectivity index is 0.00000169. The van der Waals surface area contributed by atoms with Crippen LogP contribution in [-0.4, -0.2) is 20.1 Å². The molecule has 1 aromatic rings. The van der Waals surface area contributed by atoms with Crippen molar-refractivity contribution in [1.82, 2.24) is 0 Å². The third kappa shape index (κ3) is 3.53. The SMILES string of the molecule is CN(C)c1cccc([NH+]=C(N)N)c1.[Cl-]. The highest BCUT2D eigenvalue weighted by Gasteiger charge is 1.97. The van der Waals surface area contributed by atoms with E-state index < -0.39 is 0 Å². The van der Waals surface area contributed by atoms with Gasteiger partial charge in [-0.1, -0.05) is 6.07 Å². The molecule has 0 bridgehead atoms. The van der Waals surface area contributed by atoms with Crippen molar-refractivity contribution in [3.8, 4) is 0 Å². The number of guanidine groups is 1. The first-order chi connectivity index (χ1) is 6.09. The number of hydrogen-bond acceptors (Lipinski definition) is 1. The zero-order valence-electron chi connectivity index (χ0n) is 8.29. The van der Waals surface area contributed by atoms with Crippen LogP contribution in [0, 0.1) is 0 Å². The van der Waals surface area contributed by atoms with Crippen molar-refractivity contribution in [3.63, 3.8) is 0 Å². The van der Waals surface area contributed by atoms with Gasteiger partial charge in [-0.15, -0.1) is 0 Å². The summed E-state index contributed by atoms with van der Waals surface area (Å²) in [4.78, 5) is 4.86. The Labute approximate surface area is 90.0 Å². The van der Waals surface area contributed by atoms with Crippen molar-refractivity contribution in [2.45, 2.75) is 0 Å². The van der Waals surface area contributed by atoms with E-state index in [4.69, 9.17) is 11.5 Å². The van der Waals surface area contributed by atoms with Crippen molar-refractivity contribution in [1.29, 1.82) is 0 Å². The minimum Gasteiger partial charge on any atom is -1.00 e. The standard InChI is InChI=1S/C9H14N4.ClH/c1-13(2)8-5-3-4-7(6-8)12-9(10)11;/h3-6H,1-2H3,(H4,10,11,12);1H. The van der Waals surface area contributed by atoms with Gasteiger partial charge < -0.3 is 17.3 Å². The molecule has 0 radical (unpaired) electrons. The Morgan fingerprint density at radius 3 is 2.43 bits per heavy atom. The molecule has 0 amide bonds. The monoisotopic (exact) mass is 214 g/mol. The lowest BCUT2D eigenvalue weighted by molar-refractivity contribution is -0.356. The second-order valence-corrected chi connectivity index (χ2v) is 3.03. The smallest absolute Gasteiger partial charge is 0.343 e. The van der Waals surface area contributed by atoms with Crippen molar-refractivity contribution in [3.05, 3.63) is 24.3 Å². The molecule has 0 aromatic heterocycles. The number of benzene rings is 1. The van der Waals surface area contributed by atoms with Gasteiger partial charge in [0, 0.05) is 25.8 Å². The van der Waals surface area contributed by atoms with Crippen molar-refractivity contribution < 1.29 is 17.4 Å². The molecule has 0 saturated heterocycles. The zero-order valence-corrected chi connectivity index (χ0v) is 9.05. The fourth-order valence-electron chi connectivity index (χ4n) is 1.03. The third-order valence-corrected chi connectivity index (χ3v) is 1.65. The first kappa shape index (κ1) is 12.6. The predicted molar refractivity (Wildman–Crippen MR) is 54.8 cm³/mol. The van der Waals surface area contributed by atoms with E-state index in [2.05, 4.69) is 4.99 Å². The number of hydrogen-bond donors (Lipinski definition) is 3. The molecule has 0 spiro atoms. The largest absolute Gasteiger partial charge is 1.00 e. The number of anilines is 1. The second-order valence-electron chi connectivity index (χ2n) is 3.03. The summed E-state index contributed by atoms with van der Waals surface area (Å²) in [6.07, 6.45) is 0. The lowest BCUT2D eigenvalue weighted by Crippen LogP contribution is -3.00. The first-order valence-corrected chi connectivity index (χ1v) is 4.02. The topological polar surface area (TPSA) is 69.2 Å². The van der Waals surface area contributed by atoms with Crippen LogP contribution < -0.4 is 33.8 Å². The van der Waals surface area contributed by atoms with Crippen LogP contribution in [0.25, 0.3) is 0 Å². The zero-order chi connectivity index (χ0) is 9.84. The predicted octanol–water partition coefficient (Wildman–Crippen LogP) is -4.26. The quantitative estimate of drug-likeness (QED) is 0.345. The minimum atomic E-state index is 0. The fraction of sp³-hybridized carbons (Fsp3) is 0.222. The van der Waals surface area contributed by atoms with Crippen LogP contribution in [0.5, 0.6) is 0 Å². The molecular weight excluding hydrogens is 200 g/mol. The van der Waals surface area contributed by atoms with Crippen LogP contribution in [0.15, 0.2) is 24.3 Å². The van der Waals surface area contributed by atoms with Gasteiger partial charge in [-0.3, -0.25) is 11.5 Å². The molecule has 0 aliphatic rings. The molecule has 0 fully saturated rings. The van der Waals surface area contributed by atoms with E-state index >= 15 is 0 Å². The highest BCUT2D eigenvalue weighted by atomic mass is 35.5. The van der Waals surface area contributed by atoms with Crippen molar-refractivity contribution in [2.24, 2.45) is 11.5 Å². The molecule has 14 heavy (non-hydrogen) atoms. The Hall–Kier alpha value is -1.42. The van der Waals surface area contributed by atoms with Crippen LogP contribution in [0.4, 0.5) is 11.4 Å². The lowest BCUT2D eigenvalue weighted by atomic mass is 10.3. The molecule has 0 saturated carbocycles. The second kappa shape index (κ2) is 5.34. The van der Waals surface area contributed by atoms with E-state index in [1.807, 2.05) is 43.3 Å². The molecule has 0 aliphatic carbocycles. The summed E-state index contributed by atoms with van der Waals surface area (Å²) in [5, 5.41) is 0. The summed E-state index contributed by atoms with van der Waals surface area (Å²) >= 11 is 0. The fourth-order valence-corrected chi connectivity index (χ4v) is 1.03. The molecule has 0 aliphatic heterocycles. The molecule has 5 heteroatoms. The van der Waals surface area contributed by atoms with Crippen molar-refractivity contribution in [2.75, 3.05) is 19.0 Å². The normalized spacial score (nSPS) is 8.71. The van der Waals surface area contributed by atoms with E-state index in [1.165, 1.54) is 0 Å². The number of halogens is 1. The Bertz CT molecular complexity index is 318. The molecule has 0 unspecified atom stereocenters. The van der Waals surface area contributed by atoms with Gasteiger partial charge in [-0.2, -0.15) is 0 Å². The van der Waals surface area contributed by atoms with E-state index in [-0.39, 0.29) is 18.4 Å². The van der Waals surface area contributed by atoms with Crippen LogP contribution in [0.1, 0.15) is 0 Å². The van der Waals surface area contributed by atoms with Gasteiger partial charge in [0.1, 0.15) is 5.69 Å². The van der Waals surface area contributed by atoms with E-state index in [0.29, 0.717) is 0 Å². The van der Waals surface area contributed by atoms with Gasteiger partial charge in [-0.05, 0) is 12.1 Å². The summed E-state index contributed by atoms with van der Waals surface area (Å²) in [5.41, 5.74) is 12.6. The third-order valence-electron chi connectivity index (χ3n) is 1.65. The molecule has 1 rings (SSSR count). The van der Waals surface area contributed by atoms with Crippen LogP contribution in [0.2, 0.25) is 0 Å². The summed E-state index contributed by atoms with van der Waals surface area (Å²) in [6.45, 7) is 0. The van der Waals surface area contributed by atoms with E-state index in [1.54, 1.807) is 0 Å². The van der Waals surface area contributed by atoms with Gasteiger partial charge >= 0.3 is 5.96 Å². The Morgan fingerprint density at radius 1 is 1.29 bits per heavy atom. The summed E-state index contributed by atoms with van der Waals surface area (Å²) in [7, 11) is 3.96. The summed E-state index contributed by atoms with van der Waals surface area (Å²) in [5.74, 6) is 0.205. The number of rotatable bonds is 2. The highest BCUT2D eigenvalue weighted by Crippen LogP contribution is 2.12. The van der Waals surface area contributed by atoms with Crippen LogP contribution in [-0.2, 0) is 0 Å². The first-order valence-electron chi connectivity index (χ1n) is 4.02. The van der Waals surface area contributed by atoms with Gasteiger partial charge in [0.25, 0.3) is 0 Å².